The van der Waals surface area contributed by atoms with Gasteiger partial charge in [0.2, 0.25) is 0 Å². The third-order valence-corrected chi connectivity index (χ3v) is 4.24. The van der Waals surface area contributed by atoms with E-state index in [9.17, 15) is 0 Å². The highest BCUT2D eigenvalue weighted by Crippen LogP contribution is 2.46. The van der Waals surface area contributed by atoms with E-state index in [0.717, 1.165) is 19.3 Å². The molecule has 1 heterocycles. The largest absolute Gasteiger partial charge is 0.268 e. The topological polar surface area (TPSA) is 65.4 Å². The number of rotatable bonds is 4. The van der Waals surface area contributed by atoms with Crippen LogP contribution in [-0.2, 0) is 13.0 Å². The van der Waals surface area contributed by atoms with E-state index in [2.05, 4.69) is 16.8 Å². The summed E-state index contributed by atoms with van der Waals surface area (Å²) in [4.78, 5) is 0. The summed E-state index contributed by atoms with van der Waals surface area (Å²) in [5.74, 6) is 0.997. The Morgan fingerprint density at radius 3 is 2.74 bits per heavy atom. The second kappa shape index (κ2) is 5.05. The first-order valence-electron chi connectivity index (χ1n) is 7.18. The Morgan fingerprint density at radius 1 is 1.21 bits per heavy atom. The summed E-state index contributed by atoms with van der Waals surface area (Å²) in [7, 11) is 0. The van der Waals surface area contributed by atoms with Crippen LogP contribution in [0.25, 0.3) is 0 Å². The van der Waals surface area contributed by atoms with Gasteiger partial charge in [0.15, 0.2) is 0 Å². The maximum atomic E-state index is 9.02. The number of nitriles is 2. The molecule has 0 N–H and O–H groups in total. The maximum Gasteiger partial charge on any atom is 0.0693 e. The molecule has 1 saturated carbocycles. The van der Waals surface area contributed by atoms with Crippen LogP contribution in [0.2, 0.25) is 0 Å². The third-order valence-electron chi connectivity index (χ3n) is 4.24. The van der Waals surface area contributed by atoms with Gasteiger partial charge >= 0.3 is 0 Å². The van der Waals surface area contributed by atoms with Crippen molar-refractivity contribution in [1.29, 1.82) is 10.5 Å². The minimum absolute atomic E-state index is 0.375. The highest BCUT2D eigenvalue weighted by atomic mass is 15.3. The Labute approximate surface area is 113 Å². The fourth-order valence-electron chi connectivity index (χ4n) is 3.21. The van der Waals surface area contributed by atoms with E-state index in [0.29, 0.717) is 31.2 Å². The summed E-state index contributed by atoms with van der Waals surface area (Å²) < 4.78 is 2.05. The first-order chi connectivity index (χ1) is 9.35. The fraction of sp³-hybridized carbons (Fsp3) is 0.667. The lowest BCUT2D eigenvalue weighted by atomic mass is 9.82. The number of fused-ring (bicyclic) bond motifs is 1. The molecule has 4 heteroatoms. The molecule has 0 radical (unpaired) electrons. The Hall–Kier alpha value is -1.81. The summed E-state index contributed by atoms with van der Waals surface area (Å²) in [5.41, 5.74) is 3.92. The molecule has 1 aromatic rings. The van der Waals surface area contributed by atoms with Crippen LogP contribution in [0.1, 0.15) is 67.3 Å². The summed E-state index contributed by atoms with van der Waals surface area (Å²) in [5, 5.41) is 22.6. The molecule has 2 aliphatic rings. The van der Waals surface area contributed by atoms with Gasteiger partial charge < -0.3 is 0 Å². The Bertz CT molecular complexity index is 554. The van der Waals surface area contributed by atoms with Gasteiger partial charge in [-0.05, 0) is 32.1 Å². The van der Waals surface area contributed by atoms with Crippen molar-refractivity contribution < 1.29 is 0 Å². The zero-order valence-corrected chi connectivity index (χ0v) is 11.1. The minimum Gasteiger partial charge on any atom is -0.268 e. The van der Waals surface area contributed by atoms with Crippen LogP contribution in [0, 0.1) is 22.7 Å². The third kappa shape index (κ3) is 2.24. The summed E-state index contributed by atoms with van der Waals surface area (Å²) in [6.07, 6.45) is 6.91. The van der Waals surface area contributed by atoms with Gasteiger partial charge in [0, 0.05) is 29.5 Å². The quantitative estimate of drug-likeness (QED) is 0.829. The first-order valence-corrected chi connectivity index (χ1v) is 7.18. The number of aromatic nitrogens is 2. The molecule has 1 aromatic heterocycles. The Morgan fingerprint density at radius 2 is 2.05 bits per heavy atom. The lowest BCUT2D eigenvalue weighted by Gasteiger charge is -2.22. The molecule has 1 fully saturated rings. The van der Waals surface area contributed by atoms with Crippen molar-refractivity contribution in [1.82, 2.24) is 9.78 Å². The number of hydrogen-bond donors (Lipinski definition) is 0. The molecule has 4 nitrogen and oxygen atoms in total. The van der Waals surface area contributed by atoms with Gasteiger partial charge in [-0.1, -0.05) is 0 Å². The minimum atomic E-state index is 0.375. The maximum absolute atomic E-state index is 9.02. The second-order valence-corrected chi connectivity index (χ2v) is 5.60. The van der Waals surface area contributed by atoms with Crippen LogP contribution < -0.4 is 0 Å². The summed E-state index contributed by atoms with van der Waals surface area (Å²) in [6.45, 7) is 0.699. The van der Waals surface area contributed by atoms with E-state index >= 15 is 0 Å². The smallest absolute Gasteiger partial charge is 0.0693 e. The van der Waals surface area contributed by atoms with Crippen molar-refractivity contribution in [2.45, 2.75) is 63.3 Å². The van der Waals surface area contributed by atoms with Gasteiger partial charge in [-0.25, -0.2) is 0 Å². The molecular weight excluding hydrogens is 236 g/mol. The first kappa shape index (κ1) is 12.2. The average molecular weight is 254 g/mol. The zero-order valence-electron chi connectivity index (χ0n) is 11.1. The van der Waals surface area contributed by atoms with Gasteiger partial charge in [0.25, 0.3) is 0 Å². The lowest BCUT2D eigenvalue weighted by Crippen LogP contribution is -2.13. The van der Waals surface area contributed by atoms with E-state index in [1.54, 1.807) is 0 Å². The monoisotopic (exact) mass is 254 g/mol. The average Bonchev–Trinajstić information content (AvgIpc) is 3.20. The predicted octanol–water partition coefficient (Wildman–Crippen LogP) is 3.01. The number of nitrogens with zero attached hydrogens (tertiary/aromatic N) is 4. The zero-order chi connectivity index (χ0) is 13.2. The molecule has 0 amide bonds. The molecule has 0 saturated heterocycles. The van der Waals surface area contributed by atoms with Gasteiger partial charge in [0.05, 0.1) is 30.8 Å². The van der Waals surface area contributed by atoms with E-state index in [1.807, 2.05) is 0 Å². The fourth-order valence-corrected chi connectivity index (χ4v) is 3.21. The summed E-state index contributed by atoms with van der Waals surface area (Å²) >= 11 is 0. The predicted molar refractivity (Wildman–Crippen MR) is 70.3 cm³/mol. The van der Waals surface area contributed by atoms with Crippen molar-refractivity contribution in [3.8, 4) is 12.1 Å². The highest BCUT2D eigenvalue weighted by molar-refractivity contribution is 5.37. The summed E-state index contributed by atoms with van der Waals surface area (Å²) in [6, 6.07) is 4.53. The van der Waals surface area contributed by atoms with Crippen LogP contribution in [0.4, 0.5) is 0 Å². The van der Waals surface area contributed by atoms with Crippen molar-refractivity contribution in [2.24, 2.45) is 0 Å². The molecule has 1 atom stereocenters. The number of aryl methyl sites for hydroxylation is 1. The van der Waals surface area contributed by atoms with E-state index in [-0.39, 0.29) is 0 Å². The van der Waals surface area contributed by atoms with E-state index < -0.39 is 0 Å². The normalized spacial score (nSPS) is 21.5. The van der Waals surface area contributed by atoms with Gasteiger partial charge in [-0.2, -0.15) is 15.6 Å². The molecule has 2 aliphatic carbocycles. The van der Waals surface area contributed by atoms with Crippen LogP contribution in [0.3, 0.4) is 0 Å². The molecular formula is C15H18N4. The van der Waals surface area contributed by atoms with Gasteiger partial charge in [-0.15, -0.1) is 0 Å². The highest BCUT2D eigenvalue weighted by Gasteiger charge is 2.35. The Balaban J connectivity index is 1.99. The molecule has 0 spiro atoms. The Kier molecular flexibility index (Phi) is 3.25. The van der Waals surface area contributed by atoms with Crippen LogP contribution >= 0.6 is 0 Å². The SMILES string of the molecule is N#CCCn1nc(C2CC2)c2c1CCCC2CC#N. The lowest BCUT2D eigenvalue weighted by molar-refractivity contribution is 0.520. The standard InChI is InChI=1S/C15H18N4/c16-8-2-10-19-13-4-1-3-11(7-9-17)14(13)15(18-19)12-5-6-12/h11-12H,1-7,10H2. The van der Waals surface area contributed by atoms with Crippen molar-refractivity contribution in [2.75, 3.05) is 0 Å². The van der Waals surface area contributed by atoms with Gasteiger partial charge in [0.1, 0.15) is 0 Å². The molecule has 0 aliphatic heterocycles. The van der Waals surface area contributed by atoms with E-state index in [4.69, 9.17) is 15.6 Å². The van der Waals surface area contributed by atoms with Crippen LogP contribution in [-0.4, -0.2) is 9.78 Å². The van der Waals surface area contributed by atoms with E-state index in [1.165, 1.54) is 29.8 Å². The van der Waals surface area contributed by atoms with Crippen molar-refractivity contribution in [3.05, 3.63) is 17.0 Å². The molecule has 98 valence electrons. The molecule has 3 rings (SSSR count). The van der Waals surface area contributed by atoms with Crippen LogP contribution in [0.5, 0.6) is 0 Å². The van der Waals surface area contributed by atoms with Crippen molar-refractivity contribution in [3.63, 3.8) is 0 Å². The van der Waals surface area contributed by atoms with Crippen molar-refractivity contribution >= 4 is 0 Å². The molecule has 19 heavy (non-hydrogen) atoms. The van der Waals surface area contributed by atoms with Gasteiger partial charge in [-0.3, -0.25) is 4.68 Å². The number of hydrogen-bond acceptors (Lipinski definition) is 3. The molecule has 0 bridgehead atoms. The van der Waals surface area contributed by atoms with Crippen LogP contribution in [0.15, 0.2) is 0 Å². The molecule has 0 aromatic carbocycles. The molecule has 1 unspecified atom stereocenters. The second-order valence-electron chi connectivity index (χ2n) is 5.60.